The summed E-state index contributed by atoms with van der Waals surface area (Å²) in [5, 5.41) is 2.11. The van der Waals surface area contributed by atoms with Crippen molar-refractivity contribution in [3.05, 3.63) is 77.9 Å². The lowest BCUT2D eigenvalue weighted by Gasteiger charge is -2.07. The van der Waals surface area contributed by atoms with Gasteiger partial charge in [-0.25, -0.2) is 4.79 Å². The molecular weight excluding hydrogens is 260 g/mol. The molecule has 0 amide bonds. The number of rotatable bonds is 4. The van der Waals surface area contributed by atoms with E-state index in [2.05, 4.69) is 12.7 Å². The van der Waals surface area contributed by atoms with Crippen molar-refractivity contribution >= 4 is 22.8 Å². The molecule has 2 heteroatoms. The number of allylic oxidation sites excluding steroid dienone is 3. The first-order chi connectivity index (χ1) is 10.3. The van der Waals surface area contributed by atoms with Crippen molar-refractivity contribution in [1.82, 2.24) is 0 Å². The number of ether oxygens (including phenoxy) is 1. The summed E-state index contributed by atoms with van der Waals surface area (Å²) in [4.78, 5) is 12.1. The van der Waals surface area contributed by atoms with Gasteiger partial charge in [0, 0.05) is 0 Å². The van der Waals surface area contributed by atoms with E-state index >= 15 is 0 Å². The quantitative estimate of drug-likeness (QED) is 0.767. The second-order valence-corrected chi connectivity index (χ2v) is 5.06. The SMILES string of the molecule is C=Cc1ccc2cc(C(=O)OCC3=CC=CC3)ccc2c1. The van der Waals surface area contributed by atoms with Crippen molar-refractivity contribution in [3.63, 3.8) is 0 Å². The van der Waals surface area contributed by atoms with Crippen LogP contribution in [0.2, 0.25) is 0 Å². The molecule has 0 unspecified atom stereocenters. The fourth-order valence-corrected chi connectivity index (χ4v) is 2.36. The lowest BCUT2D eigenvalue weighted by molar-refractivity contribution is 0.0539. The van der Waals surface area contributed by atoms with Crippen LogP contribution in [0.25, 0.3) is 16.8 Å². The highest BCUT2D eigenvalue weighted by Gasteiger charge is 2.09. The Bertz CT molecular complexity index is 766. The maximum atomic E-state index is 12.1. The molecule has 0 aliphatic heterocycles. The molecule has 1 aliphatic rings. The zero-order valence-electron chi connectivity index (χ0n) is 11.7. The van der Waals surface area contributed by atoms with Gasteiger partial charge in [0.05, 0.1) is 5.56 Å². The van der Waals surface area contributed by atoms with Gasteiger partial charge in [-0.1, -0.05) is 49.1 Å². The zero-order valence-corrected chi connectivity index (χ0v) is 11.7. The van der Waals surface area contributed by atoms with Gasteiger partial charge in [-0.15, -0.1) is 0 Å². The lowest BCUT2D eigenvalue weighted by atomic mass is 10.0. The lowest BCUT2D eigenvalue weighted by Crippen LogP contribution is -2.07. The van der Waals surface area contributed by atoms with Crippen molar-refractivity contribution in [3.8, 4) is 0 Å². The number of carbonyl (C=O) groups is 1. The summed E-state index contributed by atoms with van der Waals surface area (Å²) in [7, 11) is 0. The van der Waals surface area contributed by atoms with Crippen LogP contribution in [0.3, 0.4) is 0 Å². The standard InChI is InChI=1S/C19H16O2/c1-2-14-7-8-17-12-18(10-9-16(17)11-14)19(20)21-13-15-5-3-4-6-15/h2-5,7-12H,1,6,13H2. The minimum Gasteiger partial charge on any atom is -0.458 e. The minimum atomic E-state index is -0.280. The van der Waals surface area contributed by atoms with Crippen LogP contribution in [0.5, 0.6) is 0 Å². The second kappa shape index (κ2) is 5.80. The second-order valence-electron chi connectivity index (χ2n) is 5.06. The van der Waals surface area contributed by atoms with Gasteiger partial charge in [0.2, 0.25) is 0 Å². The average molecular weight is 276 g/mol. The third-order valence-corrected chi connectivity index (χ3v) is 3.57. The van der Waals surface area contributed by atoms with Gasteiger partial charge in [-0.2, -0.15) is 0 Å². The summed E-state index contributed by atoms with van der Waals surface area (Å²) in [5.41, 5.74) is 2.78. The van der Waals surface area contributed by atoms with E-state index < -0.39 is 0 Å². The average Bonchev–Trinajstić information content (AvgIpc) is 3.05. The van der Waals surface area contributed by atoms with E-state index in [0.717, 1.165) is 28.3 Å². The maximum absolute atomic E-state index is 12.1. The fraction of sp³-hybridized carbons (Fsp3) is 0.105. The molecule has 0 heterocycles. The largest absolute Gasteiger partial charge is 0.458 e. The molecule has 2 aromatic rings. The van der Waals surface area contributed by atoms with Crippen LogP contribution in [0, 0.1) is 0 Å². The molecule has 3 rings (SSSR count). The Balaban J connectivity index is 1.76. The third-order valence-electron chi connectivity index (χ3n) is 3.57. The Hall–Kier alpha value is -2.61. The Labute approximate surface area is 124 Å². The highest BCUT2D eigenvalue weighted by molar-refractivity contribution is 5.96. The van der Waals surface area contributed by atoms with Crippen LogP contribution in [-0.2, 0) is 4.74 Å². The van der Waals surface area contributed by atoms with E-state index in [1.165, 1.54) is 0 Å². The molecule has 2 aromatic carbocycles. The third kappa shape index (κ3) is 2.95. The molecule has 0 radical (unpaired) electrons. The topological polar surface area (TPSA) is 26.3 Å². The van der Waals surface area contributed by atoms with E-state index in [9.17, 15) is 4.79 Å². The smallest absolute Gasteiger partial charge is 0.338 e. The van der Waals surface area contributed by atoms with Crippen LogP contribution in [0.4, 0.5) is 0 Å². The number of benzene rings is 2. The van der Waals surface area contributed by atoms with Crippen LogP contribution in [0.1, 0.15) is 22.3 Å². The molecule has 0 N–H and O–H groups in total. The van der Waals surface area contributed by atoms with Gasteiger partial charge in [-0.3, -0.25) is 0 Å². The Morgan fingerprint density at radius 3 is 2.76 bits per heavy atom. The Morgan fingerprint density at radius 2 is 2.00 bits per heavy atom. The molecule has 0 saturated carbocycles. The van der Waals surface area contributed by atoms with Gasteiger partial charge in [0.1, 0.15) is 6.61 Å². The Morgan fingerprint density at radius 1 is 1.19 bits per heavy atom. The molecule has 0 spiro atoms. The molecule has 1 aliphatic carbocycles. The summed E-state index contributed by atoms with van der Waals surface area (Å²) in [5.74, 6) is -0.280. The maximum Gasteiger partial charge on any atom is 0.338 e. The van der Waals surface area contributed by atoms with Crippen LogP contribution >= 0.6 is 0 Å². The van der Waals surface area contributed by atoms with Gasteiger partial charge in [0.25, 0.3) is 0 Å². The highest BCUT2D eigenvalue weighted by Crippen LogP contribution is 2.19. The first-order valence-electron chi connectivity index (χ1n) is 6.94. The highest BCUT2D eigenvalue weighted by atomic mass is 16.5. The first kappa shape index (κ1) is 13.4. The molecule has 0 saturated heterocycles. The normalized spacial score (nSPS) is 13.2. The van der Waals surface area contributed by atoms with Crippen molar-refractivity contribution in [2.75, 3.05) is 6.61 Å². The number of esters is 1. The predicted octanol–water partition coefficient (Wildman–Crippen LogP) is 4.53. The van der Waals surface area contributed by atoms with Crippen LogP contribution < -0.4 is 0 Å². The Kier molecular flexibility index (Phi) is 3.69. The zero-order chi connectivity index (χ0) is 14.7. The summed E-state index contributed by atoms with van der Waals surface area (Å²) < 4.78 is 5.34. The van der Waals surface area contributed by atoms with Gasteiger partial charge in [0.15, 0.2) is 0 Å². The molecule has 21 heavy (non-hydrogen) atoms. The van der Waals surface area contributed by atoms with Crippen LogP contribution in [0.15, 0.2) is 66.8 Å². The van der Waals surface area contributed by atoms with Crippen molar-refractivity contribution in [2.24, 2.45) is 0 Å². The van der Waals surface area contributed by atoms with E-state index in [1.807, 2.05) is 48.6 Å². The molecule has 0 bridgehead atoms. The molecule has 104 valence electrons. The number of carbonyl (C=O) groups excluding carboxylic acids is 1. The first-order valence-corrected chi connectivity index (χ1v) is 6.94. The molecule has 2 nitrogen and oxygen atoms in total. The summed E-state index contributed by atoms with van der Waals surface area (Å²) >= 11 is 0. The van der Waals surface area contributed by atoms with E-state index in [-0.39, 0.29) is 5.97 Å². The fourth-order valence-electron chi connectivity index (χ4n) is 2.36. The summed E-state index contributed by atoms with van der Waals surface area (Å²) in [6, 6.07) is 11.6. The number of hydrogen-bond acceptors (Lipinski definition) is 2. The molecule has 0 fully saturated rings. The summed E-state index contributed by atoms with van der Waals surface area (Å²) in [6.45, 7) is 4.12. The van der Waals surface area contributed by atoms with Gasteiger partial charge in [-0.05, 0) is 46.5 Å². The van der Waals surface area contributed by atoms with E-state index in [0.29, 0.717) is 12.2 Å². The number of hydrogen-bond donors (Lipinski definition) is 0. The molecular formula is C19H16O2. The van der Waals surface area contributed by atoms with E-state index in [1.54, 1.807) is 6.07 Å². The number of fused-ring (bicyclic) bond motifs is 1. The monoisotopic (exact) mass is 276 g/mol. The minimum absolute atomic E-state index is 0.280. The molecule has 0 aromatic heterocycles. The van der Waals surface area contributed by atoms with Crippen LogP contribution in [-0.4, -0.2) is 12.6 Å². The van der Waals surface area contributed by atoms with Crippen molar-refractivity contribution in [2.45, 2.75) is 6.42 Å². The van der Waals surface area contributed by atoms with Crippen molar-refractivity contribution < 1.29 is 9.53 Å². The summed E-state index contributed by atoms with van der Waals surface area (Å²) in [6.07, 6.45) is 8.71. The molecule has 0 atom stereocenters. The van der Waals surface area contributed by atoms with Gasteiger partial charge >= 0.3 is 5.97 Å². The van der Waals surface area contributed by atoms with Crippen molar-refractivity contribution in [1.29, 1.82) is 0 Å². The predicted molar refractivity (Wildman–Crippen MR) is 86.2 cm³/mol. The van der Waals surface area contributed by atoms with Gasteiger partial charge < -0.3 is 4.74 Å². The van der Waals surface area contributed by atoms with E-state index in [4.69, 9.17) is 4.74 Å².